The normalized spacial score (nSPS) is 17.5. The quantitative estimate of drug-likeness (QED) is 0.832. The second-order valence-electron chi connectivity index (χ2n) is 6.87. The van der Waals surface area contributed by atoms with Crippen LogP contribution in [0.3, 0.4) is 0 Å². The van der Waals surface area contributed by atoms with Gasteiger partial charge in [-0.2, -0.15) is 0 Å². The fourth-order valence-corrected chi connectivity index (χ4v) is 3.28. The van der Waals surface area contributed by atoms with Gasteiger partial charge in [0.1, 0.15) is 6.04 Å². The van der Waals surface area contributed by atoms with Crippen molar-refractivity contribution in [3.8, 4) is 0 Å². The molecule has 2 amide bonds. The van der Waals surface area contributed by atoms with Gasteiger partial charge in [-0.3, -0.25) is 14.6 Å². The minimum Gasteiger partial charge on any atom is -0.335 e. The van der Waals surface area contributed by atoms with E-state index in [0.717, 1.165) is 11.1 Å². The number of hydrogen-bond acceptors (Lipinski definition) is 3. The van der Waals surface area contributed by atoms with E-state index in [1.54, 1.807) is 17.3 Å². The van der Waals surface area contributed by atoms with Crippen LogP contribution in [0, 0.1) is 6.92 Å². The molecular formula is C21H25N3O2. The number of pyridine rings is 1. The zero-order valence-corrected chi connectivity index (χ0v) is 15.4. The van der Waals surface area contributed by atoms with Crippen LogP contribution in [0.25, 0.3) is 0 Å². The maximum Gasteiger partial charge on any atom is 0.245 e. The molecule has 1 aliphatic heterocycles. The summed E-state index contributed by atoms with van der Waals surface area (Å²) in [5.74, 6) is 0.0521. The molecule has 0 bridgehead atoms. The number of carbonyl (C=O) groups is 2. The molecule has 0 unspecified atom stereocenters. The summed E-state index contributed by atoms with van der Waals surface area (Å²) in [5.41, 5.74) is 3.36. The van der Waals surface area contributed by atoms with Crippen LogP contribution < -0.4 is 0 Å². The number of nitrogens with zero attached hydrogens (tertiary/aromatic N) is 3. The zero-order chi connectivity index (χ0) is 18.5. The lowest BCUT2D eigenvalue weighted by molar-refractivity contribution is -0.151. The van der Waals surface area contributed by atoms with Gasteiger partial charge in [-0.15, -0.1) is 0 Å². The lowest BCUT2D eigenvalue weighted by Gasteiger charge is -2.39. The van der Waals surface area contributed by atoms with Crippen LogP contribution >= 0.6 is 0 Å². The summed E-state index contributed by atoms with van der Waals surface area (Å²) in [6.07, 6.45) is 4.55. The largest absolute Gasteiger partial charge is 0.335 e. The van der Waals surface area contributed by atoms with Gasteiger partial charge < -0.3 is 9.80 Å². The van der Waals surface area contributed by atoms with Crippen molar-refractivity contribution in [2.75, 3.05) is 13.1 Å². The molecule has 5 heteroatoms. The minimum atomic E-state index is -0.407. The highest BCUT2D eigenvalue weighted by Gasteiger charge is 2.33. The highest BCUT2D eigenvalue weighted by Crippen LogP contribution is 2.17. The molecule has 2 aromatic rings. The second kappa shape index (κ2) is 8.13. The summed E-state index contributed by atoms with van der Waals surface area (Å²) >= 11 is 0. The number of rotatable bonds is 5. The van der Waals surface area contributed by atoms with Crippen molar-refractivity contribution in [2.24, 2.45) is 0 Å². The Hall–Kier alpha value is -2.69. The predicted molar refractivity (Wildman–Crippen MR) is 100 cm³/mol. The van der Waals surface area contributed by atoms with E-state index in [1.807, 2.05) is 30.9 Å². The van der Waals surface area contributed by atoms with Gasteiger partial charge in [-0.25, -0.2) is 0 Å². The standard InChI is InChI=1S/C21H25N3O2/c1-16-5-7-19(8-6-16)15-23-12-13-24(17(2)21(23)26)20(25)10-9-18-4-3-11-22-14-18/h3-8,11,14,17H,9-10,12-13,15H2,1-2H3/t17-/m0/s1. The molecule has 0 radical (unpaired) electrons. The number of benzene rings is 1. The molecule has 0 spiro atoms. The Kier molecular flexibility index (Phi) is 5.66. The lowest BCUT2D eigenvalue weighted by Crippen LogP contribution is -2.57. The SMILES string of the molecule is Cc1ccc(CN2CCN(C(=O)CCc3cccnc3)[C@@H](C)C2=O)cc1. The summed E-state index contributed by atoms with van der Waals surface area (Å²) in [5, 5.41) is 0. The summed E-state index contributed by atoms with van der Waals surface area (Å²) in [4.78, 5) is 32.9. The van der Waals surface area contributed by atoms with E-state index in [2.05, 4.69) is 29.2 Å². The van der Waals surface area contributed by atoms with Crippen molar-refractivity contribution in [1.29, 1.82) is 0 Å². The Morgan fingerprint density at radius 2 is 1.92 bits per heavy atom. The molecule has 3 rings (SSSR count). The van der Waals surface area contributed by atoms with E-state index in [9.17, 15) is 9.59 Å². The van der Waals surface area contributed by atoms with Crippen molar-refractivity contribution in [2.45, 2.75) is 39.3 Å². The van der Waals surface area contributed by atoms with E-state index in [1.165, 1.54) is 5.56 Å². The van der Waals surface area contributed by atoms with Crippen molar-refractivity contribution >= 4 is 11.8 Å². The summed E-state index contributed by atoms with van der Waals surface area (Å²) in [6, 6.07) is 11.7. The molecule has 1 aromatic carbocycles. The first kappa shape index (κ1) is 18.1. The van der Waals surface area contributed by atoms with Gasteiger partial charge in [0, 0.05) is 38.4 Å². The van der Waals surface area contributed by atoms with Crippen LogP contribution in [-0.2, 0) is 22.6 Å². The first-order valence-electron chi connectivity index (χ1n) is 9.07. The molecule has 1 fully saturated rings. The van der Waals surface area contributed by atoms with E-state index in [-0.39, 0.29) is 11.8 Å². The molecule has 1 atom stereocenters. The Labute approximate surface area is 154 Å². The number of aryl methyl sites for hydroxylation is 2. The van der Waals surface area contributed by atoms with Crippen molar-refractivity contribution in [3.05, 3.63) is 65.5 Å². The molecule has 2 heterocycles. The Morgan fingerprint density at radius 1 is 1.15 bits per heavy atom. The maximum absolute atomic E-state index is 12.7. The van der Waals surface area contributed by atoms with E-state index in [4.69, 9.17) is 0 Å². The molecule has 5 nitrogen and oxygen atoms in total. The summed E-state index contributed by atoms with van der Waals surface area (Å²) < 4.78 is 0. The van der Waals surface area contributed by atoms with Crippen LogP contribution in [-0.4, -0.2) is 45.7 Å². The summed E-state index contributed by atoms with van der Waals surface area (Å²) in [7, 11) is 0. The van der Waals surface area contributed by atoms with Crippen LogP contribution in [0.2, 0.25) is 0 Å². The third-order valence-electron chi connectivity index (χ3n) is 4.91. The predicted octanol–water partition coefficient (Wildman–Crippen LogP) is 2.58. The molecule has 1 aromatic heterocycles. The Balaban J connectivity index is 1.56. The Bertz CT molecular complexity index is 759. The van der Waals surface area contributed by atoms with Gasteiger partial charge in [0.25, 0.3) is 0 Å². The van der Waals surface area contributed by atoms with Crippen LogP contribution in [0.4, 0.5) is 0 Å². The highest BCUT2D eigenvalue weighted by molar-refractivity contribution is 5.88. The zero-order valence-electron chi connectivity index (χ0n) is 15.4. The van der Waals surface area contributed by atoms with Crippen molar-refractivity contribution < 1.29 is 9.59 Å². The van der Waals surface area contributed by atoms with Gasteiger partial charge in [0.2, 0.25) is 11.8 Å². The average Bonchev–Trinajstić information content (AvgIpc) is 2.66. The van der Waals surface area contributed by atoms with Gasteiger partial charge in [0.15, 0.2) is 0 Å². The van der Waals surface area contributed by atoms with Crippen LogP contribution in [0.15, 0.2) is 48.8 Å². The smallest absolute Gasteiger partial charge is 0.245 e. The molecular weight excluding hydrogens is 326 g/mol. The Morgan fingerprint density at radius 3 is 2.62 bits per heavy atom. The van der Waals surface area contributed by atoms with Gasteiger partial charge in [0.05, 0.1) is 0 Å². The minimum absolute atomic E-state index is 0.0200. The third-order valence-corrected chi connectivity index (χ3v) is 4.91. The highest BCUT2D eigenvalue weighted by atomic mass is 16.2. The maximum atomic E-state index is 12.7. The average molecular weight is 351 g/mol. The topological polar surface area (TPSA) is 53.5 Å². The van der Waals surface area contributed by atoms with E-state index >= 15 is 0 Å². The molecule has 1 saturated heterocycles. The molecule has 0 saturated carbocycles. The molecule has 1 aliphatic rings. The number of carbonyl (C=O) groups excluding carboxylic acids is 2. The van der Waals surface area contributed by atoms with E-state index < -0.39 is 6.04 Å². The first-order valence-corrected chi connectivity index (χ1v) is 9.07. The molecule has 0 N–H and O–H groups in total. The van der Waals surface area contributed by atoms with Gasteiger partial charge in [-0.05, 0) is 37.5 Å². The number of amides is 2. The second-order valence-corrected chi connectivity index (χ2v) is 6.87. The summed E-state index contributed by atoms with van der Waals surface area (Å²) in [6.45, 7) is 5.64. The van der Waals surface area contributed by atoms with Crippen LogP contribution in [0.5, 0.6) is 0 Å². The number of aromatic nitrogens is 1. The fraction of sp³-hybridized carbons (Fsp3) is 0.381. The monoisotopic (exact) mass is 351 g/mol. The van der Waals surface area contributed by atoms with Crippen LogP contribution in [0.1, 0.15) is 30.0 Å². The van der Waals surface area contributed by atoms with E-state index in [0.29, 0.717) is 32.5 Å². The third kappa shape index (κ3) is 4.28. The van der Waals surface area contributed by atoms with Gasteiger partial charge in [-0.1, -0.05) is 35.9 Å². The lowest BCUT2D eigenvalue weighted by atomic mass is 10.1. The molecule has 26 heavy (non-hydrogen) atoms. The first-order chi connectivity index (χ1) is 12.5. The number of piperazine rings is 1. The van der Waals surface area contributed by atoms with Gasteiger partial charge >= 0.3 is 0 Å². The number of hydrogen-bond donors (Lipinski definition) is 0. The molecule has 136 valence electrons. The van der Waals surface area contributed by atoms with Crippen molar-refractivity contribution in [3.63, 3.8) is 0 Å². The fourth-order valence-electron chi connectivity index (χ4n) is 3.28. The molecule has 0 aliphatic carbocycles. The van der Waals surface area contributed by atoms with Crippen molar-refractivity contribution in [1.82, 2.24) is 14.8 Å².